The Morgan fingerprint density at radius 1 is 1.11 bits per heavy atom. The Hall–Kier alpha value is -2.60. The number of hydrogen-bond donors (Lipinski definition) is 1. The number of rotatable bonds is 8. The van der Waals surface area contributed by atoms with Crippen LogP contribution in [0, 0.1) is 11.7 Å². The number of carbonyl (C=O) groups excluding carboxylic acids is 1. The van der Waals surface area contributed by atoms with Gasteiger partial charge in [-0.2, -0.15) is 0 Å². The summed E-state index contributed by atoms with van der Waals surface area (Å²) in [7, 11) is 1.60. The number of carbonyl (C=O) groups is 1. The molecular formula is C22H27FN2O3. The van der Waals surface area contributed by atoms with Crippen molar-refractivity contribution in [3.05, 3.63) is 59.9 Å². The first-order chi connectivity index (χ1) is 13.7. The van der Waals surface area contributed by atoms with Crippen molar-refractivity contribution in [1.82, 2.24) is 10.2 Å². The first-order valence-electron chi connectivity index (χ1n) is 9.66. The third kappa shape index (κ3) is 5.45. The van der Waals surface area contributed by atoms with Crippen LogP contribution in [-0.2, 0) is 11.3 Å². The van der Waals surface area contributed by atoms with Crippen LogP contribution in [0.25, 0.3) is 0 Å². The molecule has 1 saturated heterocycles. The number of likely N-dealkylation sites (tertiary alicyclic amines) is 1. The van der Waals surface area contributed by atoms with Crippen LogP contribution in [0.3, 0.4) is 0 Å². The molecule has 1 aliphatic rings. The van der Waals surface area contributed by atoms with E-state index < -0.39 is 0 Å². The molecule has 0 atom stereocenters. The molecule has 0 aromatic heterocycles. The second-order valence-electron chi connectivity index (χ2n) is 6.93. The molecule has 0 radical (unpaired) electrons. The van der Waals surface area contributed by atoms with Gasteiger partial charge in [0, 0.05) is 18.0 Å². The molecule has 1 N–H and O–H groups in total. The summed E-state index contributed by atoms with van der Waals surface area (Å²) in [5.74, 6) is 1.24. The monoisotopic (exact) mass is 386 g/mol. The van der Waals surface area contributed by atoms with Gasteiger partial charge in [-0.05, 0) is 44.1 Å². The molecule has 1 fully saturated rings. The molecule has 1 heterocycles. The van der Waals surface area contributed by atoms with Crippen LogP contribution < -0.4 is 14.8 Å². The van der Waals surface area contributed by atoms with Gasteiger partial charge in [-0.1, -0.05) is 30.3 Å². The van der Waals surface area contributed by atoms with Crippen molar-refractivity contribution in [3.63, 3.8) is 0 Å². The lowest BCUT2D eigenvalue weighted by molar-refractivity contribution is -0.126. The maximum absolute atomic E-state index is 13.8. The van der Waals surface area contributed by atoms with E-state index in [1.165, 1.54) is 6.07 Å². The summed E-state index contributed by atoms with van der Waals surface area (Å²) >= 11 is 0. The smallest absolute Gasteiger partial charge is 0.223 e. The molecule has 0 spiro atoms. The zero-order valence-electron chi connectivity index (χ0n) is 16.2. The lowest BCUT2D eigenvalue weighted by atomic mass is 9.95. The first-order valence-corrected chi connectivity index (χ1v) is 9.66. The average molecular weight is 386 g/mol. The lowest BCUT2D eigenvalue weighted by Crippen LogP contribution is -2.41. The molecule has 1 aliphatic heterocycles. The molecule has 28 heavy (non-hydrogen) atoms. The van der Waals surface area contributed by atoms with Gasteiger partial charge >= 0.3 is 0 Å². The number of para-hydroxylation sites is 2. The molecule has 150 valence electrons. The van der Waals surface area contributed by atoms with Gasteiger partial charge in [-0.25, -0.2) is 4.39 Å². The second-order valence-corrected chi connectivity index (χ2v) is 6.93. The van der Waals surface area contributed by atoms with Crippen molar-refractivity contribution >= 4 is 5.91 Å². The number of ether oxygens (including phenoxy) is 2. The fourth-order valence-corrected chi connectivity index (χ4v) is 3.44. The van der Waals surface area contributed by atoms with E-state index in [1.807, 2.05) is 36.4 Å². The van der Waals surface area contributed by atoms with Gasteiger partial charge in [-0.15, -0.1) is 0 Å². The average Bonchev–Trinajstić information content (AvgIpc) is 2.73. The number of halogens is 1. The summed E-state index contributed by atoms with van der Waals surface area (Å²) in [6.45, 7) is 3.02. The Bertz CT molecular complexity index is 776. The number of hydrogen-bond acceptors (Lipinski definition) is 4. The fourth-order valence-electron chi connectivity index (χ4n) is 3.44. The van der Waals surface area contributed by atoms with Crippen molar-refractivity contribution in [1.29, 1.82) is 0 Å². The third-order valence-electron chi connectivity index (χ3n) is 5.04. The van der Waals surface area contributed by atoms with Gasteiger partial charge in [0.2, 0.25) is 5.91 Å². The minimum atomic E-state index is -0.169. The summed E-state index contributed by atoms with van der Waals surface area (Å²) in [6, 6.07) is 14.3. The normalized spacial score (nSPS) is 15.2. The number of benzene rings is 2. The molecule has 2 aromatic rings. The van der Waals surface area contributed by atoms with Crippen LogP contribution in [0.15, 0.2) is 48.5 Å². The van der Waals surface area contributed by atoms with E-state index in [1.54, 1.807) is 13.2 Å². The predicted molar refractivity (Wildman–Crippen MR) is 106 cm³/mol. The topological polar surface area (TPSA) is 50.8 Å². The number of methoxy groups -OCH3 is 1. The summed E-state index contributed by atoms with van der Waals surface area (Å²) in [5, 5.41) is 2.95. The quantitative estimate of drug-likeness (QED) is 0.708. The van der Waals surface area contributed by atoms with Crippen molar-refractivity contribution in [2.24, 2.45) is 5.92 Å². The first kappa shape index (κ1) is 20.1. The fraction of sp³-hybridized carbons (Fsp3) is 0.409. The summed E-state index contributed by atoms with van der Waals surface area (Å²) in [6.07, 6.45) is 1.57. The molecule has 2 aromatic carbocycles. The SMILES string of the molecule is COc1ccccc1OCCNC(=O)C1CCN(Cc2ccccc2F)CC1. The van der Waals surface area contributed by atoms with Crippen molar-refractivity contribution in [2.45, 2.75) is 19.4 Å². The zero-order valence-corrected chi connectivity index (χ0v) is 16.2. The van der Waals surface area contributed by atoms with Gasteiger partial charge in [0.25, 0.3) is 0 Å². The largest absolute Gasteiger partial charge is 0.493 e. The molecule has 3 rings (SSSR count). The maximum Gasteiger partial charge on any atom is 0.223 e. The molecular weight excluding hydrogens is 359 g/mol. The van der Waals surface area contributed by atoms with Gasteiger partial charge in [-0.3, -0.25) is 9.69 Å². The second kappa shape index (κ2) is 10.1. The highest BCUT2D eigenvalue weighted by Gasteiger charge is 2.25. The minimum absolute atomic E-state index is 0.00290. The van der Waals surface area contributed by atoms with Crippen LogP contribution >= 0.6 is 0 Å². The third-order valence-corrected chi connectivity index (χ3v) is 5.04. The van der Waals surface area contributed by atoms with Crippen molar-refractivity contribution in [3.8, 4) is 11.5 Å². The Morgan fingerprint density at radius 2 is 1.79 bits per heavy atom. The van der Waals surface area contributed by atoms with Crippen LogP contribution in [-0.4, -0.2) is 44.2 Å². The predicted octanol–water partition coefficient (Wildman–Crippen LogP) is 3.24. The van der Waals surface area contributed by atoms with Gasteiger partial charge in [0.15, 0.2) is 11.5 Å². The summed E-state index contributed by atoms with van der Waals surface area (Å²) in [4.78, 5) is 14.6. The van der Waals surface area contributed by atoms with E-state index in [9.17, 15) is 9.18 Å². The highest BCUT2D eigenvalue weighted by Crippen LogP contribution is 2.25. The molecule has 0 bridgehead atoms. The zero-order chi connectivity index (χ0) is 19.8. The number of nitrogens with one attached hydrogen (secondary N) is 1. The van der Waals surface area contributed by atoms with E-state index in [2.05, 4.69) is 10.2 Å². The summed E-state index contributed by atoms with van der Waals surface area (Å²) in [5.41, 5.74) is 0.707. The highest BCUT2D eigenvalue weighted by molar-refractivity contribution is 5.78. The van der Waals surface area contributed by atoms with E-state index >= 15 is 0 Å². The molecule has 5 nitrogen and oxygen atoms in total. The van der Waals surface area contributed by atoms with Crippen LogP contribution in [0.4, 0.5) is 4.39 Å². The Balaban J connectivity index is 1.36. The molecule has 6 heteroatoms. The maximum atomic E-state index is 13.8. The van der Waals surface area contributed by atoms with Crippen LogP contribution in [0.1, 0.15) is 18.4 Å². The van der Waals surface area contributed by atoms with Gasteiger partial charge in [0.1, 0.15) is 12.4 Å². The van der Waals surface area contributed by atoms with E-state index in [4.69, 9.17) is 9.47 Å². The van der Waals surface area contributed by atoms with E-state index in [-0.39, 0.29) is 17.6 Å². The summed E-state index contributed by atoms with van der Waals surface area (Å²) < 4.78 is 24.7. The Kier molecular flexibility index (Phi) is 7.25. The molecule has 1 amide bonds. The number of nitrogens with zero attached hydrogens (tertiary/aromatic N) is 1. The number of amides is 1. The van der Waals surface area contributed by atoms with E-state index in [0.29, 0.717) is 36.8 Å². The van der Waals surface area contributed by atoms with Crippen molar-refractivity contribution in [2.75, 3.05) is 33.4 Å². The van der Waals surface area contributed by atoms with Gasteiger partial charge in [0.05, 0.1) is 13.7 Å². The molecule has 0 saturated carbocycles. The highest BCUT2D eigenvalue weighted by atomic mass is 19.1. The lowest BCUT2D eigenvalue weighted by Gasteiger charge is -2.31. The molecule has 0 aliphatic carbocycles. The van der Waals surface area contributed by atoms with Crippen LogP contribution in [0.5, 0.6) is 11.5 Å². The number of piperidine rings is 1. The van der Waals surface area contributed by atoms with Crippen molar-refractivity contribution < 1.29 is 18.7 Å². The van der Waals surface area contributed by atoms with E-state index in [0.717, 1.165) is 25.9 Å². The minimum Gasteiger partial charge on any atom is -0.493 e. The standard InChI is InChI=1S/C22H27FN2O3/c1-27-20-8-4-5-9-21(20)28-15-12-24-22(26)17-10-13-25(14-11-17)16-18-6-2-3-7-19(18)23/h2-9,17H,10-16H2,1H3,(H,24,26). The van der Waals surface area contributed by atoms with Crippen LogP contribution in [0.2, 0.25) is 0 Å². The Labute approximate surface area is 165 Å². The Morgan fingerprint density at radius 3 is 2.50 bits per heavy atom. The van der Waals surface area contributed by atoms with Gasteiger partial charge < -0.3 is 14.8 Å². The molecule has 0 unspecified atom stereocenters.